The number of ether oxygens (including phenoxy) is 2. The maximum Gasteiger partial charge on any atom is 0.419 e. The highest BCUT2D eigenvalue weighted by Gasteiger charge is 2.52. The van der Waals surface area contributed by atoms with Crippen LogP contribution in [0.2, 0.25) is 0 Å². The maximum absolute atomic E-state index is 14.6. The second-order valence-electron chi connectivity index (χ2n) is 24.7. The molecule has 1 saturated heterocycles. The summed E-state index contributed by atoms with van der Waals surface area (Å²) in [4.78, 5) is 117. The van der Waals surface area contributed by atoms with Crippen LogP contribution < -0.4 is 44.5 Å². The summed E-state index contributed by atoms with van der Waals surface area (Å²) in [5.74, 6) is -2.55. The van der Waals surface area contributed by atoms with Gasteiger partial charge in [0.15, 0.2) is 0 Å². The molecule has 1 fully saturated rings. The molecule has 10 N–H and O–H groups in total. The van der Waals surface area contributed by atoms with Gasteiger partial charge >= 0.3 is 11.4 Å². The predicted octanol–water partition coefficient (Wildman–Crippen LogP) is 8.66. The molecule has 1 aliphatic heterocycles. The number of anilines is 3. The minimum absolute atomic E-state index is 0.0215. The van der Waals surface area contributed by atoms with Crippen molar-refractivity contribution in [2.75, 3.05) is 95.7 Å². The molecule has 2 heterocycles. The smallest absolute Gasteiger partial charge is 0.377 e. The molecule has 9 rings (SSSR count). The summed E-state index contributed by atoms with van der Waals surface area (Å²) in [6.45, 7) is 3.09. The van der Waals surface area contributed by atoms with Gasteiger partial charge in [0.25, 0.3) is 5.91 Å². The molecule has 2 atom stereocenters. The van der Waals surface area contributed by atoms with Gasteiger partial charge in [-0.2, -0.15) is 0 Å². The van der Waals surface area contributed by atoms with Crippen LogP contribution in [-0.4, -0.2) is 147 Å². The summed E-state index contributed by atoms with van der Waals surface area (Å²) >= 11 is 0. The number of carbonyl (C=O) groups is 6. The zero-order valence-electron chi connectivity index (χ0n) is 54.0. The number of nitrogens with one attached hydrogen (secondary N) is 4. The second kappa shape index (κ2) is 35.1. The molecule has 5 aromatic rings. The second-order valence-corrected chi connectivity index (χ2v) is 24.7. The van der Waals surface area contributed by atoms with E-state index < -0.39 is 40.7 Å². The van der Waals surface area contributed by atoms with E-state index in [1.54, 1.807) is 19.0 Å². The fourth-order valence-corrected chi connectivity index (χ4v) is 13.2. The Bertz CT molecular complexity index is 3390. The highest BCUT2D eigenvalue weighted by atomic mass is 16.5. The van der Waals surface area contributed by atoms with Gasteiger partial charge in [0.1, 0.15) is 6.04 Å². The first-order valence-electron chi connectivity index (χ1n) is 33.2. The van der Waals surface area contributed by atoms with Crippen molar-refractivity contribution < 1.29 is 42.7 Å². The maximum atomic E-state index is 14.6. The van der Waals surface area contributed by atoms with Crippen molar-refractivity contribution in [1.82, 2.24) is 19.7 Å². The number of nitrogens with zero attached hydrogens (tertiary/aromatic N) is 6. The lowest BCUT2D eigenvalue weighted by molar-refractivity contribution is -0.135. The Kier molecular flexibility index (Phi) is 26.7. The SMILES string of the molecule is CN(CCOCCOCCN(C)C(=O)[C@@H]1C[C@H](N=[N+]=[N-])CN1C(=O)c1ccc2c(=O)oc(=O)[nH]c2c1)C(=O)CCC12c3cc(NC(=O)CCCCCCCN)ccc3C(c3ccc(NC(=O)CCCCCCCN)cc31)c1ccc(NC(=O)CCCCCCCN)cc12. The van der Waals surface area contributed by atoms with Gasteiger partial charge in [0, 0.05) is 98.3 Å². The van der Waals surface area contributed by atoms with E-state index in [4.69, 9.17) is 26.7 Å². The lowest BCUT2D eigenvalue weighted by Gasteiger charge is -2.51. The molecule has 6 amide bonds. The molecule has 24 heteroatoms. The Morgan fingerprint density at radius 2 is 1.09 bits per heavy atom. The van der Waals surface area contributed by atoms with Crippen LogP contribution in [0.1, 0.15) is 184 Å². The number of H-pyrrole nitrogens is 1. The minimum atomic E-state index is -0.986. The monoisotopic (exact) mass is 1280 g/mol. The van der Waals surface area contributed by atoms with Gasteiger partial charge in [-0.25, -0.2) is 9.59 Å². The van der Waals surface area contributed by atoms with Crippen LogP contribution >= 0.6 is 0 Å². The third-order valence-corrected chi connectivity index (χ3v) is 18.1. The largest absolute Gasteiger partial charge is 0.419 e. The number of hydrogen-bond acceptors (Lipinski definition) is 15. The Balaban J connectivity index is 0.941. The summed E-state index contributed by atoms with van der Waals surface area (Å²) in [7, 11) is 3.32. The van der Waals surface area contributed by atoms with E-state index in [1.807, 2.05) is 18.2 Å². The van der Waals surface area contributed by atoms with E-state index in [0.717, 1.165) is 130 Å². The van der Waals surface area contributed by atoms with Gasteiger partial charge in [-0.3, -0.25) is 33.8 Å². The number of benzene rings is 4. The van der Waals surface area contributed by atoms with Crippen LogP contribution in [0.15, 0.2) is 91.9 Å². The number of nitrogens with two attached hydrogens (primary N) is 3. The van der Waals surface area contributed by atoms with E-state index in [2.05, 4.69) is 71.8 Å². The number of rotatable bonds is 39. The summed E-state index contributed by atoms with van der Waals surface area (Å²) in [6, 6.07) is 20.8. The van der Waals surface area contributed by atoms with Gasteiger partial charge in [0.05, 0.1) is 43.4 Å². The van der Waals surface area contributed by atoms with Gasteiger partial charge in [-0.1, -0.05) is 81.1 Å². The van der Waals surface area contributed by atoms with Gasteiger partial charge in [0.2, 0.25) is 29.5 Å². The van der Waals surface area contributed by atoms with Crippen LogP contribution in [0.4, 0.5) is 17.1 Å². The van der Waals surface area contributed by atoms with Crippen LogP contribution in [0.5, 0.6) is 0 Å². The molecule has 500 valence electrons. The van der Waals surface area contributed by atoms with Crippen LogP contribution in [0, 0.1) is 0 Å². The van der Waals surface area contributed by atoms with E-state index in [0.29, 0.717) is 62.4 Å². The number of hydrogen-bond donors (Lipinski definition) is 7. The zero-order valence-corrected chi connectivity index (χ0v) is 54.0. The van der Waals surface area contributed by atoms with E-state index in [-0.39, 0.29) is 105 Å². The molecule has 4 aliphatic rings. The third-order valence-electron chi connectivity index (χ3n) is 18.1. The first-order chi connectivity index (χ1) is 45.1. The van der Waals surface area contributed by atoms with Crippen LogP contribution in [0.3, 0.4) is 0 Å². The number of amides is 6. The summed E-state index contributed by atoms with van der Waals surface area (Å²) in [5, 5.41) is 13.4. The average molecular weight is 1280 g/mol. The van der Waals surface area contributed by atoms with Crippen molar-refractivity contribution >= 4 is 63.4 Å². The van der Waals surface area contributed by atoms with Gasteiger partial charge in [-0.05, 0) is 165 Å². The standard InChI is InChI=1S/C69H93N13O11/c1-80(34-36-91-38-39-92-37-35-81(2)66(88)59-44-50(78-79-73)45-82(59)65(87)46-21-25-54-58(40-46)77-68(90)93-67(54)89)63(86)29-30-69-55-41-47(74-60(83)18-12-6-3-9-15-31-70)22-26-51(55)64(52-27-23-48(42-56(52)69)75-61(84)19-13-7-4-10-16-32-71)53-28-24-49(43-57(53)69)76-62(85)20-14-8-5-11-17-33-72/h21-28,40-43,50,59,64H,3-20,29-39,44-45,70-72H2,1-2H3,(H,74,83)(H,75,84)(H,76,85)(H,77,90)/t50-,59-,64?,69?/m0/s1. The third kappa shape index (κ3) is 18.5. The molecule has 93 heavy (non-hydrogen) atoms. The number of aromatic nitrogens is 1. The number of aromatic amines is 1. The van der Waals surface area contributed by atoms with Crippen molar-refractivity contribution in [3.05, 3.63) is 143 Å². The Morgan fingerprint density at radius 3 is 1.56 bits per heavy atom. The zero-order chi connectivity index (χ0) is 66.3. The van der Waals surface area contributed by atoms with Gasteiger partial charge < -0.3 is 61.7 Å². The molecule has 24 nitrogen and oxygen atoms in total. The lowest BCUT2D eigenvalue weighted by atomic mass is 9.51. The molecule has 2 bridgehead atoms. The highest BCUT2D eigenvalue weighted by Crippen LogP contribution is 2.62. The summed E-state index contributed by atoms with van der Waals surface area (Å²) in [5.41, 5.74) is 32.6. The topological polar surface area (TPSA) is 357 Å². The highest BCUT2D eigenvalue weighted by molar-refractivity contribution is 6.00. The summed E-state index contributed by atoms with van der Waals surface area (Å²) in [6.07, 6.45) is 15.6. The average Bonchev–Trinajstić information content (AvgIpc) is 0.887. The fraction of sp³-hybridized carbons (Fsp3) is 0.536. The number of fused-ring (bicyclic) bond motifs is 1. The van der Waals surface area contributed by atoms with Crippen molar-refractivity contribution in [1.29, 1.82) is 0 Å². The number of likely N-dealkylation sites (N-methyl/N-ethyl adjacent to an activating group) is 2. The Labute approximate surface area is 543 Å². The van der Waals surface area contributed by atoms with Crippen LogP contribution in [0.25, 0.3) is 21.3 Å². The molecule has 0 radical (unpaired) electrons. The first kappa shape index (κ1) is 70.6. The van der Waals surface area contributed by atoms with Gasteiger partial charge in [-0.15, -0.1) is 0 Å². The molecule has 0 spiro atoms. The fourth-order valence-electron chi connectivity index (χ4n) is 13.2. The molecule has 0 unspecified atom stereocenters. The molecular weight excluding hydrogens is 1190 g/mol. The van der Waals surface area contributed by atoms with Crippen molar-refractivity contribution in [3.8, 4) is 0 Å². The van der Waals surface area contributed by atoms with Crippen molar-refractivity contribution in [2.45, 2.75) is 158 Å². The predicted molar refractivity (Wildman–Crippen MR) is 358 cm³/mol. The minimum Gasteiger partial charge on any atom is -0.377 e. The number of carbonyl (C=O) groups excluding carboxylic acids is 6. The molecule has 0 saturated carbocycles. The number of likely N-dealkylation sites (tertiary alicyclic amines) is 1. The normalized spacial score (nSPS) is 16.7. The quantitative estimate of drug-likeness (QED) is 0.00838. The van der Waals surface area contributed by atoms with Crippen molar-refractivity contribution in [2.24, 2.45) is 22.3 Å². The van der Waals surface area contributed by atoms with E-state index >= 15 is 0 Å². The molecular formula is C69H93N13O11. The van der Waals surface area contributed by atoms with Crippen LogP contribution in [-0.2, 0) is 38.9 Å². The Hall–Kier alpha value is -8.25. The Morgan fingerprint density at radius 1 is 0.624 bits per heavy atom. The molecule has 3 aliphatic carbocycles. The number of azide groups is 1. The summed E-state index contributed by atoms with van der Waals surface area (Å²) < 4.78 is 16.4. The first-order valence-corrected chi connectivity index (χ1v) is 33.2. The van der Waals surface area contributed by atoms with E-state index in [1.165, 1.54) is 28.0 Å². The van der Waals surface area contributed by atoms with Crippen molar-refractivity contribution in [3.63, 3.8) is 0 Å². The molecule has 4 aromatic carbocycles. The van der Waals surface area contributed by atoms with E-state index in [9.17, 15) is 43.9 Å². The number of unbranched alkanes of at least 4 members (excludes halogenated alkanes) is 12. The molecule has 1 aromatic heterocycles. The lowest BCUT2D eigenvalue weighted by Crippen LogP contribution is -2.47.